The molecule has 0 aliphatic carbocycles. The van der Waals surface area contributed by atoms with Crippen molar-refractivity contribution >= 4 is 32.7 Å². The third kappa shape index (κ3) is 3.92. The van der Waals surface area contributed by atoms with Crippen LogP contribution >= 0.6 is 15.9 Å². The van der Waals surface area contributed by atoms with Crippen LogP contribution in [-0.2, 0) is 16.6 Å². The number of carbonyl (C=O) groups is 1. The van der Waals surface area contributed by atoms with Crippen molar-refractivity contribution in [2.24, 2.45) is 0 Å². The standard InChI is InChI=1S/C12H15BrO3S/c1-3-8(2)17(16)7-10-5-4-9(12(14)15)6-11(10)13/h4-6,8H,3,7H2,1-2H3,(H,14,15). The molecule has 0 amide bonds. The molecular weight excluding hydrogens is 304 g/mol. The molecule has 3 nitrogen and oxygen atoms in total. The molecule has 94 valence electrons. The van der Waals surface area contributed by atoms with Gasteiger partial charge < -0.3 is 5.11 Å². The second kappa shape index (κ2) is 6.31. The van der Waals surface area contributed by atoms with E-state index in [1.807, 2.05) is 13.8 Å². The molecule has 2 atom stereocenters. The van der Waals surface area contributed by atoms with Crippen LogP contribution in [0.4, 0.5) is 0 Å². The smallest absolute Gasteiger partial charge is 0.335 e. The molecule has 1 rings (SSSR count). The maximum Gasteiger partial charge on any atom is 0.335 e. The van der Waals surface area contributed by atoms with Crippen LogP contribution in [0.3, 0.4) is 0 Å². The molecule has 2 unspecified atom stereocenters. The topological polar surface area (TPSA) is 54.4 Å². The lowest BCUT2D eigenvalue weighted by molar-refractivity contribution is 0.0697. The normalized spacial score (nSPS) is 14.3. The van der Waals surface area contributed by atoms with E-state index in [0.29, 0.717) is 10.2 Å². The Labute approximate surface area is 112 Å². The van der Waals surface area contributed by atoms with Crippen molar-refractivity contribution in [3.63, 3.8) is 0 Å². The SMILES string of the molecule is CCC(C)S(=O)Cc1ccc(C(=O)O)cc1Br. The lowest BCUT2D eigenvalue weighted by Crippen LogP contribution is -2.11. The van der Waals surface area contributed by atoms with Crippen LogP contribution < -0.4 is 0 Å². The molecule has 0 saturated carbocycles. The minimum atomic E-state index is -0.958. The lowest BCUT2D eigenvalue weighted by Gasteiger charge is -2.10. The Morgan fingerprint density at radius 3 is 2.65 bits per heavy atom. The molecule has 5 heteroatoms. The lowest BCUT2D eigenvalue weighted by atomic mass is 10.1. The Morgan fingerprint density at radius 2 is 2.18 bits per heavy atom. The summed E-state index contributed by atoms with van der Waals surface area (Å²) in [7, 11) is -0.921. The van der Waals surface area contributed by atoms with Gasteiger partial charge in [-0.2, -0.15) is 0 Å². The maximum atomic E-state index is 11.9. The van der Waals surface area contributed by atoms with E-state index in [2.05, 4.69) is 15.9 Å². The van der Waals surface area contributed by atoms with Crippen molar-refractivity contribution in [2.45, 2.75) is 31.3 Å². The van der Waals surface area contributed by atoms with Gasteiger partial charge in [0.15, 0.2) is 0 Å². The van der Waals surface area contributed by atoms with E-state index in [1.165, 1.54) is 6.07 Å². The van der Waals surface area contributed by atoms with Gasteiger partial charge in [-0.1, -0.05) is 35.8 Å². The summed E-state index contributed by atoms with van der Waals surface area (Å²) in [5.41, 5.74) is 1.11. The van der Waals surface area contributed by atoms with Crippen molar-refractivity contribution in [3.8, 4) is 0 Å². The molecule has 0 aliphatic heterocycles. The van der Waals surface area contributed by atoms with Gasteiger partial charge in [-0.15, -0.1) is 0 Å². The number of benzene rings is 1. The minimum Gasteiger partial charge on any atom is -0.478 e. The van der Waals surface area contributed by atoms with Gasteiger partial charge in [0.2, 0.25) is 0 Å². The molecule has 0 heterocycles. The first-order valence-electron chi connectivity index (χ1n) is 5.34. The van der Waals surface area contributed by atoms with Crippen LogP contribution in [-0.4, -0.2) is 20.5 Å². The van der Waals surface area contributed by atoms with Crippen molar-refractivity contribution in [3.05, 3.63) is 33.8 Å². The third-order valence-electron chi connectivity index (χ3n) is 2.62. The second-order valence-corrected chi connectivity index (χ2v) is 6.56. The zero-order chi connectivity index (χ0) is 13.0. The summed E-state index contributed by atoms with van der Waals surface area (Å²) < 4.78 is 12.6. The summed E-state index contributed by atoms with van der Waals surface area (Å²) in [6.45, 7) is 3.96. The largest absolute Gasteiger partial charge is 0.478 e. The van der Waals surface area contributed by atoms with Gasteiger partial charge in [-0.3, -0.25) is 4.21 Å². The number of carboxylic acid groups (broad SMARTS) is 1. The van der Waals surface area contributed by atoms with Crippen molar-refractivity contribution in [2.75, 3.05) is 0 Å². The number of aromatic carboxylic acids is 1. The quantitative estimate of drug-likeness (QED) is 0.907. The Hall–Kier alpha value is -0.680. The zero-order valence-electron chi connectivity index (χ0n) is 9.77. The molecule has 17 heavy (non-hydrogen) atoms. The molecular formula is C12H15BrO3S. The van der Waals surface area contributed by atoms with E-state index in [0.717, 1.165) is 12.0 Å². The summed E-state index contributed by atoms with van der Waals surface area (Å²) in [6, 6.07) is 4.80. The van der Waals surface area contributed by atoms with E-state index in [-0.39, 0.29) is 10.8 Å². The van der Waals surface area contributed by atoms with Crippen LogP contribution in [0.2, 0.25) is 0 Å². The van der Waals surface area contributed by atoms with Crippen LogP contribution in [0.5, 0.6) is 0 Å². The zero-order valence-corrected chi connectivity index (χ0v) is 12.2. The summed E-state index contributed by atoms with van der Waals surface area (Å²) in [4.78, 5) is 10.8. The average molecular weight is 319 g/mol. The predicted octanol–water partition coefficient (Wildman–Crippen LogP) is 3.19. The first kappa shape index (κ1) is 14.4. The molecule has 0 aliphatic rings. The van der Waals surface area contributed by atoms with Gasteiger partial charge in [0.25, 0.3) is 0 Å². The van der Waals surface area contributed by atoms with Gasteiger partial charge in [0.05, 0.1) is 5.56 Å². The summed E-state index contributed by atoms with van der Waals surface area (Å²) >= 11 is 3.32. The highest BCUT2D eigenvalue weighted by atomic mass is 79.9. The molecule has 0 radical (unpaired) electrons. The fourth-order valence-corrected chi connectivity index (χ4v) is 3.20. The average Bonchev–Trinajstić information content (AvgIpc) is 2.30. The van der Waals surface area contributed by atoms with Crippen LogP contribution in [0, 0.1) is 0 Å². The molecule has 1 N–H and O–H groups in total. The van der Waals surface area contributed by atoms with Crippen molar-refractivity contribution in [1.82, 2.24) is 0 Å². The summed E-state index contributed by atoms with van der Waals surface area (Å²) in [6.07, 6.45) is 0.872. The highest BCUT2D eigenvalue weighted by Crippen LogP contribution is 2.21. The third-order valence-corrected chi connectivity index (χ3v) is 5.19. The van der Waals surface area contributed by atoms with E-state index < -0.39 is 16.8 Å². The Kier molecular flexibility index (Phi) is 5.33. The summed E-state index contributed by atoms with van der Waals surface area (Å²) in [5.74, 6) is -0.504. The van der Waals surface area contributed by atoms with E-state index in [4.69, 9.17) is 5.11 Å². The fourth-order valence-electron chi connectivity index (χ4n) is 1.28. The first-order valence-corrected chi connectivity index (χ1v) is 7.52. The Balaban J connectivity index is 2.86. The molecule has 0 bridgehead atoms. The molecule has 0 fully saturated rings. The molecule has 0 aromatic heterocycles. The number of carboxylic acids is 1. The second-order valence-electron chi connectivity index (χ2n) is 3.86. The van der Waals surface area contributed by atoms with Gasteiger partial charge in [0, 0.05) is 26.3 Å². The number of rotatable bonds is 5. The predicted molar refractivity (Wildman–Crippen MR) is 72.7 cm³/mol. The van der Waals surface area contributed by atoms with Gasteiger partial charge >= 0.3 is 5.97 Å². The van der Waals surface area contributed by atoms with Gasteiger partial charge in [-0.25, -0.2) is 4.79 Å². The van der Waals surface area contributed by atoms with Crippen molar-refractivity contribution in [1.29, 1.82) is 0 Å². The maximum absolute atomic E-state index is 11.9. The highest BCUT2D eigenvalue weighted by Gasteiger charge is 2.12. The fraction of sp³-hybridized carbons (Fsp3) is 0.417. The van der Waals surface area contributed by atoms with E-state index >= 15 is 0 Å². The number of halogens is 1. The molecule has 0 spiro atoms. The Morgan fingerprint density at radius 1 is 1.53 bits per heavy atom. The highest BCUT2D eigenvalue weighted by molar-refractivity contribution is 9.10. The van der Waals surface area contributed by atoms with Crippen molar-refractivity contribution < 1.29 is 14.1 Å². The molecule has 1 aromatic rings. The summed E-state index contributed by atoms with van der Waals surface area (Å²) in [5, 5.41) is 8.98. The van der Waals surface area contributed by atoms with E-state index in [9.17, 15) is 9.00 Å². The minimum absolute atomic E-state index is 0.154. The van der Waals surface area contributed by atoms with Crippen LogP contribution in [0.1, 0.15) is 36.2 Å². The molecule has 0 saturated heterocycles. The van der Waals surface area contributed by atoms with Gasteiger partial charge in [-0.05, 0) is 24.1 Å². The first-order chi connectivity index (χ1) is 7.95. The van der Waals surface area contributed by atoms with Gasteiger partial charge in [0.1, 0.15) is 0 Å². The monoisotopic (exact) mass is 318 g/mol. The number of hydrogen-bond donors (Lipinski definition) is 1. The molecule has 1 aromatic carbocycles. The van der Waals surface area contributed by atoms with Crippen LogP contribution in [0.15, 0.2) is 22.7 Å². The number of hydrogen-bond acceptors (Lipinski definition) is 2. The van der Waals surface area contributed by atoms with E-state index in [1.54, 1.807) is 12.1 Å². The Bertz CT molecular complexity index is 445. The van der Waals surface area contributed by atoms with Crippen LogP contribution in [0.25, 0.3) is 0 Å².